The Balaban J connectivity index is 0.00000161. The Morgan fingerprint density at radius 2 is 2.10 bits per heavy atom. The molecule has 6 heteroatoms. The Morgan fingerprint density at radius 3 is 2.67 bits per heavy atom. The minimum Gasteiger partial charge on any atom is -0.337 e. The second-order valence-electron chi connectivity index (χ2n) is 7.29. The average Bonchev–Trinajstić information content (AvgIpc) is 3.04. The molecule has 1 aliphatic carbocycles. The standard InChI is InChI=1S/C15H24N4O.ClH/c1-15(2,3)13-6-12(17-18-13)14(20)19-7-9-4-5-11(16)10(9)8-19;/h6,9-11H,4-5,7-8,16H2,1-3H3,(H,17,18);1H. The number of likely N-dealkylation sites (tertiary alicyclic amines) is 1. The smallest absolute Gasteiger partial charge is 0.274 e. The van der Waals surface area contributed by atoms with Gasteiger partial charge >= 0.3 is 0 Å². The normalized spacial score (nSPS) is 28.4. The van der Waals surface area contributed by atoms with E-state index in [2.05, 4.69) is 31.0 Å². The number of carbonyl (C=O) groups is 1. The highest BCUT2D eigenvalue weighted by molar-refractivity contribution is 5.92. The Hall–Kier alpha value is -1.07. The predicted molar refractivity (Wildman–Crippen MR) is 84.6 cm³/mol. The van der Waals surface area contributed by atoms with E-state index in [0.29, 0.717) is 17.5 Å². The highest BCUT2D eigenvalue weighted by atomic mass is 35.5. The molecule has 3 rings (SSSR count). The average molecular weight is 313 g/mol. The van der Waals surface area contributed by atoms with Crippen molar-refractivity contribution < 1.29 is 4.79 Å². The molecule has 1 aliphatic heterocycles. The van der Waals surface area contributed by atoms with Crippen LogP contribution in [-0.4, -0.2) is 40.1 Å². The molecule has 1 saturated carbocycles. The van der Waals surface area contributed by atoms with Crippen LogP contribution in [0, 0.1) is 11.8 Å². The summed E-state index contributed by atoms with van der Waals surface area (Å²) in [4.78, 5) is 14.5. The molecular weight excluding hydrogens is 288 g/mol. The summed E-state index contributed by atoms with van der Waals surface area (Å²) in [5.41, 5.74) is 7.63. The van der Waals surface area contributed by atoms with Gasteiger partial charge < -0.3 is 10.6 Å². The molecule has 2 aliphatic rings. The van der Waals surface area contributed by atoms with Crippen molar-refractivity contribution in [3.05, 3.63) is 17.5 Å². The fraction of sp³-hybridized carbons (Fsp3) is 0.733. The molecule has 0 bridgehead atoms. The number of hydrogen-bond acceptors (Lipinski definition) is 3. The molecule has 1 amide bonds. The van der Waals surface area contributed by atoms with Gasteiger partial charge in [-0.2, -0.15) is 5.10 Å². The summed E-state index contributed by atoms with van der Waals surface area (Å²) in [7, 11) is 0. The second-order valence-corrected chi connectivity index (χ2v) is 7.29. The van der Waals surface area contributed by atoms with E-state index in [0.717, 1.165) is 31.6 Å². The number of fused-ring (bicyclic) bond motifs is 1. The van der Waals surface area contributed by atoms with Crippen molar-refractivity contribution in [2.45, 2.75) is 45.1 Å². The van der Waals surface area contributed by atoms with Crippen molar-refractivity contribution in [1.82, 2.24) is 15.1 Å². The minimum absolute atomic E-state index is 0. The van der Waals surface area contributed by atoms with Crippen LogP contribution in [0.25, 0.3) is 0 Å². The molecule has 3 unspecified atom stereocenters. The first-order valence-corrected chi connectivity index (χ1v) is 7.47. The highest BCUT2D eigenvalue weighted by Gasteiger charge is 2.43. The number of aromatic amines is 1. The van der Waals surface area contributed by atoms with Gasteiger partial charge in [-0.05, 0) is 30.7 Å². The fourth-order valence-corrected chi connectivity index (χ4v) is 3.45. The predicted octanol–water partition coefficient (Wildman–Crippen LogP) is 1.94. The lowest BCUT2D eigenvalue weighted by Gasteiger charge is -2.17. The zero-order chi connectivity index (χ0) is 14.5. The van der Waals surface area contributed by atoms with Gasteiger partial charge in [0.05, 0.1) is 0 Å². The number of halogens is 1. The largest absolute Gasteiger partial charge is 0.337 e. The van der Waals surface area contributed by atoms with E-state index in [1.807, 2.05) is 11.0 Å². The van der Waals surface area contributed by atoms with Crippen LogP contribution in [0.5, 0.6) is 0 Å². The number of H-pyrrole nitrogens is 1. The van der Waals surface area contributed by atoms with Crippen molar-refractivity contribution in [2.75, 3.05) is 13.1 Å². The van der Waals surface area contributed by atoms with Gasteiger partial charge in [0.2, 0.25) is 0 Å². The molecule has 0 aromatic carbocycles. The molecule has 118 valence electrons. The molecule has 1 aromatic heterocycles. The van der Waals surface area contributed by atoms with Gasteiger partial charge in [-0.1, -0.05) is 20.8 Å². The quantitative estimate of drug-likeness (QED) is 0.832. The first-order valence-electron chi connectivity index (χ1n) is 7.47. The third-order valence-electron chi connectivity index (χ3n) is 4.80. The number of amides is 1. The molecule has 2 fully saturated rings. The maximum absolute atomic E-state index is 12.5. The molecule has 1 saturated heterocycles. The van der Waals surface area contributed by atoms with Crippen LogP contribution < -0.4 is 5.73 Å². The molecule has 3 atom stereocenters. The Labute approximate surface area is 132 Å². The van der Waals surface area contributed by atoms with E-state index in [4.69, 9.17) is 5.73 Å². The summed E-state index contributed by atoms with van der Waals surface area (Å²) in [6.45, 7) is 7.95. The van der Waals surface area contributed by atoms with E-state index >= 15 is 0 Å². The fourth-order valence-electron chi connectivity index (χ4n) is 3.45. The van der Waals surface area contributed by atoms with Crippen LogP contribution in [0.2, 0.25) is 0 Å². The SMILES string of the molecule is CC(C)(C)c1cc(C(=O)N2CC3CCC(N)C3C2)n[nH]1.Cl. The van der Waals surface area contributed by atoms with Crippen LogP contribution in [0.4, 0.5) is 0 Å². The van der Waals surface area contributed by atoms with Gasteiger partial charge in [-0.15, -0.1) is 12.4 Å². The van der Waals surface area contributed by atoms with Crippen molar-refractivity contribution in [3.8, 4) is 0 Å². The number of nitrogens with two attached hydrogens (primary N) is 1. The van der Waals surface area contributed by atoms with Crippen LogP contribution >= 0.6 is 12.4 Å². The summed E-state index contributed by atoms with van der Waals surface area (Å²) in [5.74, 6) is 1.12. The molecule has 1 aromatic rings. The summed E-state index contributed by atoms with van der Waals surface area (Å²) in [6.07, 6.45) is 2.26. The summed E-state index contributed by atoms with van der Waals surface area (Å²) >= 11 is 0. The molecule has 2 heterocycles. The van der Waals surface area contributed by atoms with Gasteiger partial charge in [0.15, 0.2) is 0 Å². The lowest BCUT2D eigenvalue weighted by molar-refractivity contribution is 0.0773. The van der Waals surface area contributed by atoms with E-state index in [1.165, 1.54) is 0 Å². The van der Waals surface area contributed by atoms with Crippen molar-refractivity contribution >= 4 is 18.3 Å². The van der Waals surface area contributed by atoms with Crippen LogP contribution in [0.3, 0.4) is 0 Å². The maximum Gasteiger partial charge on any atom is 0.274 e. The van der Waals surface area contributed by atoms with Gasteiger partial charge in [0.1, 0.15) is 5.69 Å². The number of hydrogen-bond donors (Lipinski definition) is 2. The van der Waals surface area contributed by atoms with Crippen molar-refractivity contribution in [1.29, 1.82) is 0 Å². The lowest BCUT2D eigenvalue weighted by atomic mass is 9.92. The van der Waals surface area contributed by atoms with Crippen LogP contribution in [0.15, 0.2) is 6.07 Å². The minimum atomic E-state index is -0.0185. The van der Waals surface area contributed by atoms with E-state index in [-0.39, 0.29) is 29.8 Å². The number of carbonyl (C=O) groups excluding carboxylic acids is 1. The molecule has 3 N–H and O–H groups in total. The first-order chi connectivity index (χ1) is 9.36. The van der Waals surface area contributed by atoms with Crippen LogP contribution in [0.1, 0.15) is 49.8 Å². The Bertz CT molecular complexity index is 522. The number of nitrogens with zero attached hydrogens (tertiary/aromatic N) is 2. The summed E-state index contributed by atoms with van der Waals surface area (Å²) < 4.78 is 0. The van der Waals surface area contributed by atoms with Gasteiger partial charge in [0.25, 0.3) is 5.91 Å². The Morgan fingerprint density at radius 1 is 1.38 bits per heavy atom. The third-order valence-corrected chi connectivity index (χ3v) is 4.80. The van der Waals surface area contributed by atoms with E-state index in [9.17, 15) is 4.79 Å². The summed E-state index contributed by atoms with van der Waals surface area (Å²) in [6, 6.07) is 2.15. The van der Waals surface area contributed by atoms with Crippen molar-refractivity contribution in [3.63, 3.8) is 0 Å². The maximum atomic E-state index is 12.5. The number of aromatic nitrogens is 2. The highest BCUT2D eigenvalue weighted by Crippen LogP contribution is 2.37. The van der Waals surface area contributed by atoms with Crippen molar-refractivity contribution in [2.24, 2.45) is 17.6 Å². The molecule has 0 radical (unpaired) electrons. The first kappa shape index (κ1) is 16.3. The zero-order valence-corrected chi connectivity index (χ0v) is 13.7. The third kappa shape index (κ3) is 2.94. The van der Waals surface area contributed by atoms with Gasteiger partial charge in [0, 0.05) is 30.2 Å². The van der Waals surface area contributed by atoms with E-state index < -0.39 is 0 Å². The lowest BCUT2D eigenvalue weighted by Crippen LogP contribution is -2.33. The van der Waals surface area contributed by atoms with E-state index in [1.54, 1.807) is 0 Å². The molecule has 5 nitrogen and oxygen atoms in total. The topological polar surface area (TPSA) is 75.0 Å². The van der Waals surface area contributed by atoms with Gasteiger partial charge in [-0.25, -0.2) is 0 Å². The number of rotatable bonds is 1. The molecule has 21 heavy (non-hydrogen) atoms. The Kier molecular flexibility index (Phi) is 4.36. The second kappa shape index (κ2) is 5.61. The van der Waals surface area contributed by atoms with Gasteiger partial charge in [-0.3, -0.25) is 9.89 Å². The molecule has 0 spiro atoms. The monoisotopic (exact) mass is 312 g/mol. The number of nitrogens with one attached hydrogen (secondary N) is 1. The molecular formula is C15H25ClN4O. The summed E-state index contributed by atoms with van der Waals surface area (Å²) in [5, 5.41) is 7.18. The van der Waals surface area contributed by atoms with Crippen LogP contribution in [-0.2, 0) is 5.41 Å². The zero-order valence-electron chi connectivity index (χ0n) is 12.9.